The second kappa shape index (κ2) is 5.37. The van der Waals surface area contributed by atoms with E-state index in [0.29, 0.717) is 5.92 Å². The Morgan fingerprint density at radius 2 is 1.75 bits per heavy atom. The third-order valence-electron chi connectivity index (χ3n) is 4.00. The van der Waals surface area contributed by atoms with Gasteiger partial charge >= 0.3 is 0 Å². The molecular formula is C17H19N3. The Labute approximate surface area is 119 Å². The predicted molar refractivity (Wildman–Crippen MR) is 83.5 cm³/mol. The van der Waals surface area contributed by atoms with Crippen LogP contribution in [-0.4, -0.2) is 18.9 Å². The van der Waals surface area contributed by atoms with Crippen LogP contribution < -0.4 is 10.6 Å². The standard InChI is InChI=1S/C17H19N3/c18-17(19)14-6-8-16(9-7-14)20-11-10-15(12-20)13-4-2-1-3-5-13/h1-9,15H,10-12H2,(H3,18,19). The molecule has 3 heteroatoms. The van der Waals surface area contributed by atoms with Crippen LogP contribution in [0.25, 0.3) is 0 Å². The number of hydrogen-bond donors (Lipinski definition) is 2. The minimum Gasteiger partial charge on any atom is -0.384 e. The molecule has 2 aromatic carbocycles. The highest BCUT2D eigenvalue weighted by molar-refractivity contribution is 5.95. The SMILES string of the molecule is N=C(N)c1ccc(N2CCC(c3ccccc3)C2)cc1. The van der Waals surface area contributed by atoms with Crippen LogP contribution in [0.1, 0.15) is 23.5 Å². The molecule has 0 radical (unpaired) electrons. The summed E-state index contributed by atoms with van der Waals surface area (Å²) < 4.78 is 0. The fourth-order valence-corrected chi connectivity index (χ4v) is 2.84. The number of nitrogens with zero attached hydrogens (tertiary/aromatic N) is 1. The van der Waals surface area contributed by atoms with Crippen LogP contribution in [0, 0.1) is 5.41 Å². The van der Waals surface area contributed by atoms with Gasteiger partial charge in [-0.15, -0.1) is 0 Å². The van der Waals surface area contributed by atoms with Crippen molar-refractivity contribution in [3.05, 3.63) is 65.7 Å². The maximum atomic E-state index is 7.42. The van der Waals surface area contributed by atoms with Gasteiger partial charge in [-0.05, 0) is 36.2 Å². The first-order valence-electron chi connectivity index (χ1n) is 6.98. The average molecular weight is 265 g/mol. The van der Waals surface area contributed by atoms with Crippen LogP contribution in [0.5, 0.6) is 0 Å². The van der Waals surface area contributed by atoms with Crippen molar-refractivity contribution in [3.63, 3.8) is 0 Å². The second-order valence-electron chi connectivity index (χ2n) is 5.30. The van der Waals surface area contributed by atoms with Crippen LogP contribution in [0.2, 0.25) is 0 Å². The fourth-order valence-electron chi connectivity index (χ4n) is 2.84. The maximum absolute atomic E-state index is 7.42. The summed E-state index contributed by atoms with van der Waals surface area (Å²) in [5, 5.41) is 7.42. The largest absolute Gasteiger partial charge is 0.384 e. The lowest BCUT2D eigenvalue weighted by atomic mass is 9.99. The second-order valence-corrected chi connectivity index (χ2v) is 5.30. The van der Waals surface area contributed by atoms with E-state index >= 15 is 0 Å². The first-order valence-corrected chi connectivity index (χ1v) is 6.98. The highest BCUT2D eigenvalue weighted by atomic mass is 15.1. The van der Waals surface area contributed by atoms with Crippen molar-refractivity contribution in [2.45, 2.75) is 12.3 Å². The zero-order valence-electron chi connectivity index (χ0n) is 11.4. The van der Waals surface area contributed by atoms with E-state index < -0.39 is 0 Å². The fraction of sp³-hybridized carbons (Fsp3) is 0.235. The minimum atomic E-state index is 0.125. The third-order valence-corrected chi connectivity index (χ3v) is 4.00. The number of benzene rings is 2. The lowest BCUT2D eigenvalue weighted by Crippen LogP contribution is -2.19. The summed E-state index contributed by atoms with van der Waals surface area (Å²) in [4.78, 5) is 2.40. The van der Waals surface area contributed by atoms with Crippen LogP contribution in [-0.2, 0) is 0 Å². The molecule has 0 aliphatic carbocycles. The number of hydrogen-bond acceptors (Lipinski definition) is 2. The van der Waals surface area contributed by atoms with Crippen molar-refractivity contribution < 1.29 is 0 Å². The van der Waals surface area contributed by atoms with E-state index in [1.165, 1.54) is 17.7 Å². The van der Waals surface area contributed by atoms with E-state index in [9.17, 15) is 0 Å². The van der Waals surface area contributed by atoms with Gasteiger partial charge in [0.1, 0.15) is 5.84 Å². The molecule has 1 aliphatic heterocycles. The van der Waals surface area contributed by atoms with Gasteiger partial charge in [-0.25, -0.2) is 0 Å². The summed E-state index contributed by atoms with van der Waals surface area (Å²) in [6.07, 6.45) is 1.19. The zero-order chi connectivity index (χ0) is 13.9. The molecule has 3 nitrogen and oxygen atoms in total. The Morgan fingerprint density at radius 1 is 1.05 bits per heavy atom. The molecule has 2 aromatic rings. The van der Waals surface area contributed by atoms with Crippen LogP contribution in [0.15, 0.2) is 54.6 Å². The molecule has 1 heterocycles. The number of nitrogens with two attached hydrogens (primary N) is 1. The Morgan fingerprint density at radius 3 is 2.40 bits per heavy atom. The normalized spacial score (nSPS) is 18.2. The Hall–Kier alpha value is -2.29. The topological polar surface area (TPSA) is 53.1 Å². The Balaban J connectivity index is 1.72. The lowest BCUT2D eigenvalue weighted by molar-refractivity contribution is 0.775. The summed E-state index contributed by atoms with van der Waals surface area (Å²) in [6.45, 7) is 2.14. The third kappa shape index (κ3) is 2.52. The molecule has 0 spiro atoms. The van der Waals surface area contributed by atoms with Gasteiger partial charge in [-0.2, -0.15) is 0 Å². The molecular weight excluding hydrogens is 246 g/mol. The smallest absolute Gasteiger partial charge is 0.122 e. The molecule has 0 aromatic heterocycles. The van der Waals surface area contributed by atoms with E-state index in [0.717, 1.165) is 18.7 Å². The zero-order valence-corrected chi connectivity index (χ0v) is 11.4. The first kappa shape index (κ1) is 12.7. The van der Waals surface area contributed by atoms with Crippen LogP contribution in [0.3, 0.4) is 0 Å². The number of anilines is 1. The van der Waals surface area contributed by atoms with Gasteiger partial charge in [-0.3, -0.25) is 5.41 Å². The Bertz CT molecular complexity index is 589. The molecule has 0 bridgehead atoms. The van der Waals surface area contributed by atoms with Gasteiger partial charge in [0.25, 0.3) is 0 Å². The van der Waals surface area contributed by atoms with Crippen molar-refractivity contribution in [2.75, 3.05) is 18.0 Å². The number of rotatable bonds is 3. The molecule has 20 heavy (non-hydrogen) atoms. The summed E-state index contributed by atoms with van der Waals surface area (Å²) in [6, 6.07) is 18.7. The highest BCUT2D eigenvalue weighted by Crippen LogP contribution is 2.30. The molecule has 0 amide bonds. The van der Waals surface area contributed by atoms with E-state index in [1.807, 2.05) is 12.1 Å². The predicted octanol–water partition coefficient (Wildman–Crippen LogP) is 2.96. The van der Waals surface area contributed by atoms with E-state index in [2.05, 4.69) is 47.4 Å². The molecule has 1 unspecified atom stereocenters. The van der Waals surface area contributed by atoms with E-state index in [1.54, 1.807) is 0 Å². The van der Waals surface area contributed by atoms with Crippen LogP contribution in [0.4, 0.5) is 5.69 Å². The molecule has 1 aliphatic rings. The van der Waals surface area contributed by atoms with Gasteiger partial charge in [0.05, 0.1) is 0 Å². The van der Waals surface area contributed by atoms with Gasteiger partial charge < -0.3 is 10.6 Å². The van der Waals surface area contributed by atoms with Crippen molar-refractivity contribution in [2.24, 2.45) is 5.73 Å². The van der Waals surface area contributed by atoms with Crippen molar-refractivity contribution >= 4 is 11.5 Å². The summed E-state index contributed by atoms with van der Waals surface area (Å²) in [7, 11) is 0. The highest BCUT2D eigenvalue weighted by Gasteiger charge is 2.23. The van der Waals surface area contributed by atoms with Crippen molar-refractivity contribution in [1.29, 1.82) is 5.41 Å². The molecule has 1 atom stereocenters. The molecule has 3 N–H and O–H groups in total. The Kier molecular flexibility index (Phi) is 3.42. The molecule has 0 saturated carbocycles. The molecule has 1 saturated heterocycles. The minimum absolute atomic E-state index is 0.125. The van der Waals surface area contributed by atoms with Crippen molar-refractivity contribution in [3.8, 4) is 0 Å². The van der Waals surface area contributed by atoms with Gasteiger partial charge in [0.15, 0.2) is 0 Å². The molecule has 3 rings (SSSR count). The van der Waals surface area contributed by atoms with Crippen LogP contribution >= 0.6 is 0 Å². The first-order chi connectivity index (χ1) is 9.74. The summed E-state index contributed by atoms with van der Waals surface area (Å²) >= 11 is 0. The van der Waals surface area contributed by atoms with E-state index in [-0.39, 0.29) is 5.84 Å². The van der Waals surface area contributed by atoms with Gasteiger partial charge in [0.2, 0.25) is 0 Å². The molecule has 1 fully saturated rings. The number of nitrogen functional groups attached to an aromatic ring is 1. The number of amidine groups is 1. The quantitative estimate of drug-likeness (QED) is 0.662. The summed E-state index contributed by atoms with van der Waals surface area (Å²) in [5.41, 5.74) is 8.91. The van der Waals surface area contributed by atoms with Gasteiger partial charge in [0, 0.05) is 30.3 Å². The van der Waals surface area contributed by atoms with Crippen molar-refractivity contribution in [1.82, 2.24) is 0 Å². The maximum Gasteiger partial charge on any atom is 0.122 e. The molecule has 102 valence electrons. The van der Waals surface area contributed by atoms with E-state index in [4.69, 9.17) is 11.1 Å². The van der Waals surface area contributed by atoms with Gasteiger partial charge in [-0.1, -0.05) is 30.3 Å². The average Bonchev–Trinajstić information content (AvgIpc) is 2.98. The number of nitrogens with one attached hydrogen (secondary N) is 1. The monoisotopic (exact) mass is 265 g/mol. The lowest BCUT2D eigenvalue weighted by Gasteiger charge is -2.19. The summed E-state index contributed by atoms with van der Waals surface area (Å²) in [5.74, 6) is 0.740.